The van der Waals surface area contributed by atoms with Crippen molar-refractivity contribution in [3.05, 3.63) is 82.4 Å². The number of carbonyl (C=O) groups excluding carboxylic acids is 1. The number of hydrogen-bond donors (Lipinski definition) is 0. The summed E-state index contributed by atoms with van der Waals surface area (Å²) in [6.45, 7) is 0. The molecule has 0 saturated heterocycles. The fraction of sp³-hybridized carbons (Fsp3) is 0.273. The van der Waals surface area contributed by atoms with Crippen LogP contribution in [0.25, 0.3) is 11.1 Å². The van der Waals surface area contributed by atoms with E-state index in [0.717, 1.165) is 24.0 Å². The molecular formula is C22H19NO3. The second-order valence-corrected chi connectivity index (χ2v) is 7.35. The third kappa shape index (κ3) is 2.37. The van der Waals surface area contributed by atoms with Crippen molar-refractivity contribution in [2.24, 2.45) is 17.8 Å². The van der Waals surface area contributed by atoms with E-state index in [4.69, 9.17) is 4.42 Å². The van der Waals surface area contributed by atoms with Gasteiger partial charge in [0.25, 0.3) is 0 Å². The van der Waals surface area contributed by atoms with Crippen LogP contribution in [0.5, 0.6) is 0 Å². The first kappa shape index (κ1) is 15.4. The number of oxazole rings is 1. The smallest absolute Gasteiger partial charge is 0.407 e. The van der Waals surface area contributed by atoms with E-state index < -0.39 is 5.76 Å². The maximum absolute atomic E-state index is 13.2. The van der Waals surface area contributed by atoms with Crippen LogP contribution < -0.4 is 5.76 Å². The molecule has 0 spiro atoms. The monoisotopic (exact) mass is 345 g/mol. The van der Waals surface area contributed by atoms with Crippen LogP contribution in [0.3, 0.4) is 0 Å². The number of para-hydroxylation sites is 1. The molecule has 1 heterocycles. The first-order valence-electron chi connectivity index (χ1n) is 9.10. The minimum absolute atomic E-state index is 0.117. The fourth-order valence-electron chi connectivity index (χ4n) is 4.52. The van der Waals surface area contributed by atoms with Crippen molar-refractivity contribution in [1.29, 1.82) is 0 Å². The van der Waals surface area contributed by atoms with Crippen molar-refractivity contribution < 1.29 is 9.21 Å². The zero-order valence-electron chi connectivity index (χ0n) is 14.3. The van der Waals surface area contributed by atoms with Crippen LogP contribution in [0.1, 0.15) is 28.8 Å². The van der Waals surface area contributed by atoms with Crippen LogP contribution in [-0.2, 0) is 6.42 Å². The number of fused-ring (bicyclic) bond motifs is 3. The number of hydrogen-bond acceptors (Lipinski definition) is 3. The van der Waals surface area contributed by atoms with Crippen molar-refractivity contribution in [3.63, 3.8) is 0 Å². The van der Waals surface area contributed by atoms with Gasteiger partial charge >= 0.3 is 5.76 Å². The number of nitrogens with zero attached hydrogens (tertiary/aromatic N) is 1. The summed E-state index contributed by atoms with van der Waals surface area (Å²) < 4.78 is 6.69. The van der Waals surface area contributed by atoms with Gasteiger partial charge in [0.15, 0.2) is 5.58 Å². The molecule has 4 nitrogen and oxygen atoms in total. The zero-order valence-corrected chi connectivity index (χ0v) is 14.3. The molecule has 2 aliphatic carbocycles. The van der Waals surface area contributed by atoms with Crippen molar-refractivity contribution >= 4 is 17.0 Å². The van der Waals surface area contributed by atoms with Gasteiger partial charge < -0.3 is 4.42 Å². The maximum atomic E-state index is 13.2. The van der Waals surface area contributed by atoms with Crippen LogP contribution in [0, 0.1) is 17.8 Å². The van der Waals surface area contributed by atoms with Gasteiger partial charge in [0.2, 0.25) is 5.91 Å². The lowest BCUT2D eigenvalue weighted by Gasteiger charge is -2.17. The lowest BCUT2D eigenvalue weighted by atomic mass is 9.92. The van der Waals surface area contributed by atoms with E-state index in [-0.39, 0.29) is 17.7 Å². The van der Waals surface area contributed by atoms with Crippen LogP contribution in [-0.4, -0.2) is 10.5 Å². The Hall–Kier alpha value is -2.88. The Morgan fingerprint density at radius 3 is 2.62 bits per heavy atom. The minimum atomic E-state index is -0.572. The molecule has 130 valence electrons. The van der Waals surface area contributed by atoms with Crippen LogP contribution >= 0.6 is 0 Å². The SMILES string of the molecule is O=C([C@H]1C[C@H]2C=C[C@@H]1C2)n1c(=O)oc2cccc(Cc3ccccc3)c21. The quantitative estimate of drug-likeness (QED) is 0.673. The Morgan fingerprint density at radius 1 is 1.04 bits per heavy atom. The van der Waals surface area contributed by atoms with E-state index in [9.17, 15) is 9.59 Å². The second-order valence-electron chi connectivity index (χ2n) is 7.35. The van der Waals surface area contributed by atoms with E-state index in [2.05, 4.69) is 12.2 Å². The number of benzene rings is 2. The minimum Gasteiger partial charge on any atom is -0.407 e. The third-order valence-electron chi connectivity index (χ3n) is 5.74. The molecular weight excluding hydrogens is 326 g/mol. The highest BCUT2D eigenvalue weighted by molar-refractivity contribution is 5.92. The number of aromatic nitrogens is 1. The second kappa shape index (κ2) is 5.84. The van der Waals surface area contributed by atoms with E-state index in [1.807, 2.05) is 42.5 Å². The van der Waals surface area contributed by atoms with Gasteiger partial charge in [-0.3, -0.25) is 4.79 Å². The summed E-state index contributed by atoms with van der Waals surface area (Å²) in [6.07, 6.45) is 6.85. The molecule has 5 rings (SSSR count). The van der Waals surface area contributed by atoms with Crippen LogP contribution in [0.2, 0.25) is 0 Å². The molecule has 0 unspecified atom stereocenters. The summed E-state index contributed by atoms with van der Waals surface area (Å²) in [5.74, 6) is -0.0751. The summed E-state index contributed by atoms with van der Waals surface area (Å²) in [5.41, 5.74) is 3.18. The van der Waals surface area contributed by atoms with E-state index in [1.165, 1.54) is 4.57 Å². The van der Waals surface area contributed by atoms with Gasteiger partial charge in [-0.25, -0.2) is 9.36 Å². The maximum Gasteiger partial charge on any atom is 0.426 e. The van der Waals surface area contributed by atoms with E-state index >= 15 is 0 Å². The van der Waals surface area contributed by atoms with E-state index in [0.29, 0.717) is 23.4 Å². The molecule has 0 aliphatic heterocycles. The summed E-state index contributed by atoms with van der Waals surface area (Å²) >= 11 is 0. The highest BCUT2D eigenvalue weighted by Crippen LogP contribution is 2.44. The van der Waals surface area contributed by atoms with Gasteiger partial charge in [-0.2, -0.15) is 0 Å². The van der Waals surface area contributed by atoms with Crippen molar-refractivity contribution in [2.45, 2.75) is 19.3 Å². The van der Waals surface area contributed by atoms with Crippen molar-refractivity contribution in [2.75, 3.05) is 0 Å². The van der Waals surface area contributed by atoms with Gasteiger partial charge in [0.05, 0.1) is 0 Å². The molecule has 2 bridgehead atoms. The summed E-state index contributed by atoms with van der Waals surface area (Å²) in [6, 6.07) is 15.6. The van der Waals surface area contributed by atoms with Gasteiger partial charge in [0, 0.05) is 5.92 Å². The van der Waals surface area contributed by atoms with Gasteiger partial charge in [-0.05, 0) is 48.3 Å². The lowest BCUT2D eigenvalue weighted by Crippen LogP contribution is -2.31. The molecule has 0 radical (unpaired) electrons. The summed E-state index contributed by atoms with van der Waals surface area (Å²) in [5, 5.41) is 0. The largest absolute Gasteiger partial charge is 0.426 e. The predicted molar refractivity (Wildman–Crippen MR) is 99.2 cm³/mol. The fourth-order valence-corrected chi connectivity index (χ4v) is 4.52. The summed E-state index contributed by atoms with van der Waals surface area (Å²) in [4.78, 5) is 25.7. The molecule has 1 saturated carbocycles. The molecule has 3 atom stereocenters. The number of rotatable bonds is 3. The molecule has 4 heteroatoms. The Balaban J connectivity index is 1.61. The first-order valence-corrected chi connectivity index (χ1v) is 9.10. The van der Waals surface area contributed by atoms with Gasteiger partial charge in [-0.15, -0.1) is 0 Å². The summed E-state index contributed by atoms with van der Waals surface area (Å²) in [7, 11) is 0. The number of carbonyl (C=O) groups is 1. The molecule has 26 heavy (non-hydrogen) atoms. The molecule has 1 aromatic heterocycles. The highest BCUT2D eigenvalue weighted by Gasteiger charge is 2.41. The Labute approximate surface area is 150 Å². The molecule has 3 aromatic rings. The van der Waals surface area contributed by atoms with Crippen LogP contribution in [0.4, 0.5) is 0 Å². The van der Waals surface area contributed by atoms with Crippen molar-refractivity contribution in [1.82, 2.24) is 4.57 Å². The van der Waals surface area contributed by atoms with Crippen molar-refractivity contribution in [3.8, 4) is 0 Å². The normalized spacial score (nSPS) is 23.8. The molecule has 2 aliphatic rings. The van der Waals surface area contributed by atoms with E-state index in [1.54, 1.807) is 6.07 Å². The first-order chi connectivity index (χ1) is 12.7. The highest BCUT2D eigenvalue weighted by atomic mass is 16.4. The Kier molecular flexibility index (Phi) is 3.45. The molecule has 2 aromatic carbocycles. The lowest BCUT2D eigenvalue weighted by molar-refractivity contribution is 0.0810. The van der Waals surface area contributed by atoms with Crippen LogP contribution in [0.15, 0.2) is 69.9 Å². The molecule has 0 amide bonds. The number of allylic oxidation sites excluding steroid dienone is 2. The third-order valence-corrected chi connectivity index (χ3v) is 5.74. The average Bonchev–Trinajstić information content (AvgIpc) is 3.36. The Bertz CT molecular complexity index is 1070. The predicted octanol–water partition coefficient (Wildman–Crippen LogP) is 4.04. The zero-order chi connectivity index (χ0) is 17.7. The molecule has 1 fully saturated rings. The average molecular weight is 345 g/mol. The van der Waals surface area contributed by atoms with Gasteiger partial charge in [-0.1, -0.05) is 54.6 Å². The standard InChI is InChI=1S/C22H19NO3/c24-21(18-13-15-9-10-16(18)12-15)23-20-17(11-14-5-2-1-3-6-14)7-4-8-19(20)26-22(23)25/h1-10,15-16,18H,11-13H2/t15-,16+,18-/m0/s1. The van der Waals surface area contributed by atoms with Gasteiger partial charge in [0.1, 0.15) is 5.52 Å². The topological polar surface area (TPSA) is 52.2 Å². The Morgan fingerprint density at radius 2 is 1.88 bits per heavy atom. The molecule has 0 N–H and O–H groups in total.